The molecule has 7 rings (SSSR count). The summed E-state index contributed by atoms with van der Waals surface area (Å²) in [6.07, 6.45) is -8.96. The molecule has 2 saturated heterocycles. The van der Waals surface area contributed by atoms with Gasteiger partial charge in [0.15, 0.2) is 25.0 Å². The van der Waals surface area contributed by atoms with Gasteiger partial charge in [-0.2, -0.15) is 0 Å². The summed E-state index contributed by atoms with van der Waals surface area (Å²) >= 11 is 0. The Morgan fingerprint density at radius 1 is 0.783 bits per heavy atom. The summed E-state index contributed by atoms with van der Waals surface area (Å²) in [5, 5.41) is 66.6. The van der Waals surface area contributed by atoms with Crippen molar-refractivity contribution in [2.75, 3.05) is 26.6 Å². The minimum Gasteiger partial charge on any atom is -0.458 e. The molecule has 24 heteroatoms. The van der Waals surface area contributed by atoms with Gasteiger partial charge in [0.1, 0.15) is 48.8 Å². The average Bonchev–Trinajstić information content (AvgIpc) is 3.57. The lowest BCUT2D eigenvalue weighted by molar-refractivity contribution is -0.315. The number of ether oxygens (including phenoxy) is 8. The predicted octanol–water partition coefficient (Wildman–Crippen LogP) is -3.73. The lowest BCUT2D eigenvalue weighted by atomic mass is 9.46. The molecule has 0 spiro atoms. The molecule has 0 bridgehead atoms. The zero-order valence-corrected chi connectivity index (χ0v) is 38.7. The summed E-state index contributed by atoms with van der Waals surface area (Å²) < 4.78 is 43.1. The average molecular weight is 984 g/mol. The normalized spacial score (nSPS) is 45.0. The van der Waals surface area contributed by atoms with Crippen LogP contribution in [0.4, 0.5) is 4.79 Å². The van der Waals surface area contributed by atoms with Crippen LogP contribution in [0, 0.1) is 28.6 Å². The van der Waals surface area contributed by atoms with Crippen molar-refractivity contribution in [3.63, 3.8) is 0 Å². The molecular weight excluding hydrogens is 915 g/mol. The number of carbonyl (C=O) groups excluding carboxylic acids is 5. The molecule has 3 unspecified atom stereocenters. The van der Waals surface area contributed by atoms with Gasteiger partial charge in [0, 0.05) is 35.4 Å². The fourth-order valence-electron chi connectivity index (χ4n) is 12.2. The van der Waals surface area contributed by atoms with Crippen molar-refractivity contribution in [1.82, 2.24) is 0 Å². The summed E-state index contributed by atoms with van der Waals surface area (Å²) in [6.45, 7) is 1.40. The number of allylic oxidation sites excluding steroid dienone is 4. The maximum Gasteiger partial charge on any atom is 0.511 e. The van der Waals surface area contributed by atoms with E-state index in [9.17, 15) is 54.6 Å². The highest BCUT2D eigenvalue weighted by atomic mass is 16.8. The first kappa shape index (κ1) is 53.2. The first-order valence-corrected chi connectivity index (χ1v) is 23.6. The number of rotatable bonds is 15. The quantitative estimate of drug-likeness (QED) is 0.0427. The number of aliphatic hydroxyl groups is 6. The van der Waals surface area contributed by atoms with E-state index in [-0.39, 0.29) is 55.8 Å². The molecule has 0 amide bonds. The van der Waals surface area contributed by atoms with Crippen LogP contribution in [0.3, 0.4) is 0 Å². The number of esters is 2. The number of nitrogens with two attached hydrogens (primary N) is 5. The van der Waals surface area contributed by atoms with Crippen LogP contribution in [0.15, 0.2) is 23.8 Å². The number of ketones is 2. The van der Waals surface area contributed by atoms with E-state index in [0.717, 1.165) is 5.57 Å². The Bertz CT molecular complexity index is 1980. The monoisotopic (exact) mass is 983 g/mol. The maximum absolute atomic E-state index is 13.6. The Morgan fingerprint density at radius 3 is 2.12 bits per heavy atom. The lowest BCUT2D eigenvalue weighted by Crippen LogP contribution is -2.68. The van der Waals surface area contributed by atoms with Crippen LogP contribution in [-0.4, -0.2) is 184 Å². The molecule has 7 aliphatic rings. The molecule has 4 saturated carbocycles. The van der Waals surface area contributed by atoms with Crippen LogP contribution >= 0.6 is 0 Å². The SMILES string of the molecule is C[C@]12C=CC(=O)C=C1CCC1C2[C@@H](O)C[C@@]2(C)C1CC[C@]2(O)C(=O)COC(=O)CCC(=O)OCOC(=O)OC[C@H]1O[C@H](O[C@@H]2[C@@H](O)[C@H](O[C@H]3O[C@H](CN)[C@@H](O)C[C@H]3N)[C@@H](N)C[C@H]2N)[C@H](O)[C@@H](N)[C@@H]1O. The molecular formula is C45H69N5O19. The Hall–Kier alpha value is -3.57. The first-order valence-electron chi connectivity index (χ1n) is 23.6. The molecule has 0 aromatic rings. The number of fused-ring (bicyclic) bond motifs is 5. The van der Waals surface area contributed by atoms with Gasteiger partial charge < -0.3 is 97.2 Å². The third kappa shape index (κ3) is 10.5. The van der Waals surface area contributed by atoms with Gasteiger partial charge in [0.2, 0.25) is 12.6 Å². The molecule has 6 fully saturated rings. The number of aliphatic hydroxyl groups excluding tert-OH is 5. The topological polar surface area (TPSA) is 411 Å². The third-order valence-corrected chi connectivity index (χ3v) is 16.0. The van der Waals surface area contributed by atoms with Crippen molar-refractivity contribution in [2.24, 2.45) is 57.3 Å². The second kappa shape index (κ2) is 21.3. The molecule has 2 heterocycles. The molecule has 0 aromatic carbocycles. The second-order valence-electron chi connectivity index (χ2n) is 20.1. The van der Waals surface area contributed by atoms with Crippen LogP contribution in [0.5, 0.6) is 0 Å². The van der Waals surface area contributed by atoms with Crippen LogP contribution in [0.2, 0.25) is 0 Å². The van der Waals surface area contributed by atoms with E-state index in [1.165, 1.54) is 6.08 Å². The maximum atomic E-state index is 13.6. The van der Waals surface area contributed by atoms with Crippen molar-refractivity contribution in [3.05, 3.63) is 23.8 Å². The van der Waals surface area contributed by atoms with Gasteiger partial charge >= 0.3 is 18.1 Å². The third-order valence-electron chi connectivity index (χ3n) is 16.0. The van der Waals surface area contributed by atoms with Crippen LogP contribution in [-0.2, 0) is 57.1 Å². The fraction of sp³-hybridized carbons (Fsp3) is 0.800. The lowest BCUT2D eigenvalue weighted by Gasteiger charge is -2.59. The van der Waals surface area contributed by atoms with Crippen molar-refractivity contribution in [2.45, 2.75) is 169 Å². The molecule has 21 atom stereocenters. The molecule has 0 aromatic heterocycles. The predicted molar refractivity (Wildman–Crippen MR) is 233 cm³/mol. The van der Waals surface area contributed by atoms with Crippen molar-refractivity contribution < 1.29 is 92.5 Å². The molecule has 16 N–H and O–H groups in total. The van der Waals surface area contributed by atoms with Crippen molar-refractivity contribution >= 4 is 29.7 Å². The smallest absolute Gasteiger partial charge is 0.458 e. The van der Waals surface area contributed by atoms with Crippen LogP contribution in [0.1, 0.15) is 71.6 Å². The van der Waals surface area contributed by atoms with Gasteiger partial charge in [0.05, 0.1) is 43.2 Å². The van der Waals surface area contributed by atoms with E-state index < -0.39 is 165 Å². The van der Waals surface area contributed by atoms with E-state index in [0.29, 0.717) is 19.3 Å². The molecule has 0 radical (unpaired) electrons. The van der Waals surface area contributed by atoms with Gasteiger partial charge in [0.25, 0.3) is 0 Å². The molecule has 24 nitrogen and oxygen atoms in total. The number of hydrogen-bond acceptors (Lipinski definition) is 24. The summed E-state index contributed by atoms with van der Waals surface area (Å²) in [5.41, 5.74) is 28.0. The van der Waals surface area contributed by atoms with Gasteiger partial charge in [-0.3, -0.25) is 19.2 Å². The number of carbonyl (C=O) groups is 5. The minimum atomic E-state index is -1.88. The van der Waals surface area contributed by atoms with Crippen molar-refractivity contribution in [3.8, 4) is 0 Å². The molecule has 388 valence electrons. The van der Waals surface area contributed by atoms with Crippen LogP contribution < -0.4 is 28.7 Å². The summed E-state index contributed by atoms with van der Waals surface area (Å²) in [4.78, 5) is 63.1. The second-order valence-corrected chi connectivity index (χ2v) is 20.1. The summed E-state index contributed by atoms with van der Waals surface area (Å²) in [7, 11) is 0. The van der Waals surface area contributed by atoms with E-state index >= 15 is 0 Å². The summed E-state index contributed by atoms with van der Waals surface area (Å²) in [5.74, 6) is -3.02. The van der Waals surface area contributed by atoms with Gasteiger partial charge in [-0.15, -0.1) is 0 Å². The minimum absolute atomic E-state index is 0.0188. The first-order chi connectivity index (χ1) is 32.5. The van der Waals surface area contributed by atoms with Gasteiger partial charge in [-0.25, -0.2) is 4.79 Å². The Kier molecular flexibility index (Phi) is 16.4. The molecule has 2 aliphatic heterocycles. The van der Waals surface area contributed by atoms with Gasteiger partial charge in [-0.05, 0) is 68.9 Å². The Morgan fingerprint density at radius 2 is 1.43 bits per heavy atom. The van der Waals surface area contributed by atoms with Crippen molar-refractivity contribution in [1.29, 1.82) is 0 Å². The Labute approximate surface area is 398 Å². The van der Waals surface area contributed by atoms with E-state index in [2.05, 4.69) is 0 Å². The molecule has 5 aliphatic carbocycles. The van der Waals surface area contributed by atoms with E-state index in [1.54, 1.807) is 13.0 Å². The molecule has 69 heavy (non-hydrogen) atoms. The zero-order valence-electron chi connectivity index (χ0n) is 38.7. The largest absolute Gasteiger partial charge is 0.511 e. The number of Topliss-reactive ketones (excluding diaryl/α,β-unsaturated/α-hetero) is 1. The Balaban J connectivity index is 0.819. The zero-order chi connectivity index (χ0) is 50.3. The van der Waals surface area contributed by atoms with E-state index in [1.807, 2.05) is 13.0 Å². The summed E-state index contributed by atoms with van der Waals surface area (Å²) in [6, 6.07) is -3.93. The number of hydrogen-bond donors (Lipinski definition) is 11. The van der Waals surface area contributed by atoms with Crippen LogP contribution in [0.25, 0.3) is 0 Å². The van der Waals surface area contributed by atoms with E-state index in [4.69, 9.17) is 66.6 Å². The van der Waals surface area contributed by atoms with Gasteiger partial charge in [-0.1, -0.05) is 25.5 Å². The standard InChI is InChI=1S/C45H69N5O19/c1-43-9-7-20(51)11-19(43)3-4-21-22-8-10-45(61,44(22,2)14-27(53)33(21)43)30(54)17-62-31(55)5-6-32(56)64-18-65-42(60)63-16-29-35(57)34(50)36(58)41(67-29)69-39-24(48)12-23(47)38(37(39)59)68-40-25(49)13-26(52)28(15-46)66-40/h7,9,11,21-29,33-41,52-53,57-59,61H,3-6,8,10,12-18,46-50H2,1-2H3/t21?,22?,23-,24+,25+,26-,27-,28+,29+,33?,34-,35+,36+,37-,38+,39-,40+,41+,43-,44-,45-/m0/s1. The highest BCUT2D eigenvalue weighted by Gasteiger charge is 2.68. The highest BCUT2D eigenvalue weighted by Crippen LogP contribution is 2.67. The fourth-order valence-corrected chi connectivity index (χ4v) is 12.2. The highest BCUT2D eigenvalue weighted by molar-refractivity contribution is 6.01.